The number of aromatic nitrogens is 4. The van der Waals surface area contributed by atoms with Crippen LogP contribution in [-0.4, -0.2) is 31.3 Å². The van der Waals surface area contributed by atoms with E-state index < -0.39 is 11.9 Å². The number of nitrogens with zero attached hydrogens (tertiary/aromatic N) is 4. The van der Waals surface area contributed by atoms with Gasteiger partial charge in [0.1, 0.15) is 0 Å². The maximum atomic E-state index is 11.3. The van der Waals surface area contributed by atoms with Gasteiger partial charge in [-0.1, -0.05) is 46.5 Å². The minimum absolute atomic E-state index is 0.347. The number of carboxylic acids is 1. The van der Waals surface area contributed by atoms with Gasteiger partial charge in [0.15, 0.2) is 5.82 Å². The van der Waals surface area contributed by atoms with Crippen molar-refractivity contribution in [1.82, 2.24) is 20.2 Å². The van der Waals surface area contributed by atoms with Gasteiger partial charge in [0.25, 0.3) is 0 Å². The summed E-state index contributed by atoms with van der Waals surface area (Å²) in [6, 6.07) is 0. The van der Waals surface area contributed by atoms with Gasteiger partial charge < -0.3 is 5.11 Å². The third-order valence-electron chi connectivity index (χ3n) is 3.61. The first-order valence-electron chi connectivity index (χ1n) is 8.02. The highest BCUT2D eigenvalue weighted by molar-refractivity contribution is 5.69. The summed E-state index contributed by atoms with van der Waals surface area (Å²) in [7, 11) is 0. The van der Waals surface area contributed by atoms with E-state index in [1.54, 1.807) is 4.68 Å². The first-order valence-corrected chi connectivity index (χ1v) is 8.02. The van der Waals surface area contributed by atoms with Crippen molar-refractivity contribution in [2.75, 3.05) is 0 Å². The highest BCUT2D eigenvalue weighted by atomic mass is 16.4. The molecule has 1 aromatic rings. The fraction of sp³-hybridized carbons (Fsp3) is 0.867. The maximum Gasteiger partial charge on any atom is 0.308 e. The SMILES string of the molecule is CCCCCCCc1nnnn1CC(CC(C)C)C(=O)O. The number of rotatable bonds is 11. The largest absolute Gasteiger partial charge is 0.481 e. The van der Waals surface area contributed by atoms with Crippen LogP contribution in [0.3, 0.4) is 0 Å². The number of carbonyl (C=O) groups is 1. The number of hydrogen-bond acceptors (Lipinski definition) is 4. The molecule has 1 unspecified atom stereocenters. The zero-order chi connectivity index (χ0) is 15.7. The Bertz CT molecular complexity index is 418. The summed E-state index contributed by atoms with van der Waals surface area (Å²) in [5.74, 6) is -0.0398. The van der Waals surface area contributed by atoms with Crippen LogP contribution in [0.2, 0.25) is 0 Å². The summed E-state index contributed by atoms with van der Waals surface area (Å²) < 4.78 is 1.67. The summed E-state index contributed by atoms with van der Waals surface area (Å²) in [4.78, 5) is 11.3. The molecule has 1 N–H and O–H groups in total. The van der Waals surface area contributed by atoms with E-state index in [-0.39, 0.29) is 0 Å². The van der Waals surface area contributed by atoms with Crippen LogP contribution in [0, 0.1) is 11.8 Å². The van der Waals surface area contributed by atoms with E-state index in [0.29, 0.717) is 18.9 Å². The molecule has 0 saturated heterocycles. The lowest BCUT2D eigenvalue weighted by Crippen LogP contribution is -2.23. The van der Waals surface area contributed by atoms with Gasteiger partial charge in [0, 0.05) is 6.42 Å². The monoisotopic (exact) mass is 296 g/mol. The predicted octanol–water partition coefficient (Wildman–Crippen LogP) is 2.93. The fourth-order valence-corrected chi connectivity index (χ4v) is 2.46. The Kier molecular flexibility index (Phi) is 7.93. The lowest BCUT2D eigenvalue weighted by atomic mass is 9.97. The van der Waals surface area contributed by atoms with Gasteiger partial charge in [-0.25, -0.2) is 4.68 Å². The summed E-state index contributed by atoms with van der Waals surface area (Å²) in [6.45, 7) is 6.63. The Morgan fingerprint density at radius 2 is 1.95 bits per heavy atom. The van der Waals surface area contributed by atoms with Gasteiger partial charge in [0.05, 0.1) is 12.5 Å². The van der Waals surface area contributed by atoms with Crippen molar-refractivity contribution in [3.05, 3.63) is 5.82 Å². The molecule has 1 atom stereocenters. The average molecular weight is 296 g/mol. The number of aryl methyl sites for hydroxylation is 1. The molecule has 0 aliphatic rings. The second-order valence-electron chi connectivity index (χ2n) is 6.11. The lowest BCUT2D eigenvalue weighted by molar-refractivity contribution is -0.142. The van der Waals surface area contributed by atoms with Crippen LogP contribution >= 0.6 is 0 Å². The molecule has 0 amide bonds. The molecular formula is C15H28N4O2. The van der Waals surface area contributed by atoms with Gasteiger partial charge in [-0.05, 0) is 29.2 Å². The summed E-state index contributed by atoms with van der Waals surface area (Å²) in [5.41, 5.74) is 0. The topological polar surface area (TPSA) is 80.9 Å². The molecule has 21 heavy (non-hydrogen) atoms. The van der Waals surface area contributed by atoms with Crippen molar-refractivity contribution in [1.29, 1.82) is 0 Å². The molecule has 1 heterocycles. The molecule has 120 valence electrons. The quantitative estimate of drug-likeness (QED) is 0.635. The minimum Gasteiger partial charge on any atom is -0.481 e. The summed E-state index contributed by atoms with van der Waals surface area (Å²) in [6.07, 6.45) is 7.43. The number of unbranched alkanes of at least 4 members (excludes halogenated alkanes) is 4. The van der Waals surface area contributed by atoms with E-state index >= 15 is 0 Å². The molecule has 6 nitrogen and oxygen atoms in total. The van der Waals surface area contributed by atoms with Crippen LogP contribution in [0.25, 0.3) is 0 Å². The van der Waals surface area contributed by atoms with Crippen LogP contribution in [0.4, 0.5) is 0 Å². The zero-order valence-corrected chi connectivity index (χ0v) is 13.5. The third-order valence-corrected chi connectivity index (χ3v) is 3.61. The molecule has 1 rings (SSSR count). The molecule has 0 aliphatic carbocycles. The Balaban J connectivity index is 2.51. The van der Waals surface area contributed by atoms with Crippen molar-refractivity contribution in [3.8, 4) is 0 Å². The van der Waals surface area contributed by atoms with Crippen molar-refractivity contribution in [2.24, 2.45) is 11.8 Å². The van der Waals surface area contributed by atoms with Crippen LogP contribution in [0.5, 0.6) is 0 Å². The first-order chi connectivity index (χ1) is 10.0. The Hall–Kier alpha value is -1.46. The molecule has 0 radical (unpaired) electrons. The van der Waals surface area contributed by atoms with E-state index in [9.17, 15) is 9.90 Å². The van der Waals surface area contributed by atoms with E-state index in [4.69, 9.17) is 0 Å². The standard InChI is InChI=1S/C15H28N4O2/c1-4-5-6-7-8-9-14-16-17-18-19(14)11-13(15(20)21)10-12(2)3/h12-13H,4-11H2,1-3H3,(H,20,21). The van der Waals surface area contributed by atoms with Crippen LogP contribution in [-0.2, 0) is 17.8 Å². The van der Waals surface area contributed by atoms with Crippen LogP contribution in [0.1, 0.15) is 65.1 Å². The average Bonchev–Trinajstić information content (AvgIpc) is 2.84. The Labute approximate surface area is 126 Å². The van der Waals surface area contributed by atoms with E-state index in [1.165, 1.54) is 25.7 Å². The van der Waals surface area contributed by atoms with Gasteiger partial charge in [-0.15, -0.1) is 5.10 Å². The molecular weight excluding hydrogens is 268 g/mol. The number of carboxylic acid groups (broad SMARTS) is 1. The van der Waals surface area contributed by atoms with Gasteiger partial charge in [0.2, 0.25) is 0 Å². The highest BCUT2D eigenvalue weighted by Crippen LogP contribution is 2.15. The summed E-state index contributed by atoms with van der Waals surface area (Å²) in [5, 5.41) is 21.0. The van der Waals surface area contributed by atoms with Crippen LogP contribution < -0.4 is 0 Å². The third kappa shape index (κ3) is 6.69. The molecule has 0 aromatic carbocycles. The molecule has 0 aliphatic heterocycles. The van der Waals surface area contributed by atoms with E-state index in [0.717, 1.165) is 18.7 Å². The molecule has 0 fully saturated rings. The van der Waals surface area contributed by atoms with E-state index in [2.05, 4.69) is 22.4 Å². The normalized spacial score (nSPS) is 12.8. The minimum atomic E-state index is -0.770. The van der Waals surface area contributed by atoms with Crippen LogP contribution in [0.15, 0.2) is 0 Å². The highest BCUT2D eigenvalue weighted by Gasteiger charge is 2.21. The Morgan fingerprint density at radius 3 is 2.57 bits per heavy atom. The maximum absolute atomic E-state index is 11.3. The van der Waals surface area contributed by atoms with Gasteiger partial charge in [-0.3, -0.25) is 4.79 Å². The summed E-state index contributed by atoms with van der Waals surface area (Å²) >= 11 is 0. The fourth-order valence-electron chi connectivity index (χ4n) is 2.46. The van der Waals surface area contributed by atoms with E-state index in [1.807, 2.05) is 13.8 Å². The smallest absolute Gasteiger partial charge is 0.308 e. The lowest BCUT2D eigenvalue weighted by Gasteiger charge is -2.15. The molecule has 0 bridgehead atoms. The number of hydrogen-bond donors (Lipinski definition) is 1. The first kappa shape index (κ1) is 17.6. The molecule has 0 spiro atoms. The molecule has 6 heteroatoms. The van der Waals surface area contributed by atoms with Gasteiger partial charge >= 0.3 is 5.97 Å². The second-order valence-corrected chi connectivity index (χ2v) is 6.11. The Morgan fingerprint density at radius 1 is 1.24 bits per heavy atom. The molecule has 1 aromatic heterocycles. The number of tetrazole rings is 1. The number of aliphatic carboxylic acids is 1. The second kappa shape index (κ2) is 9.47. The van der Waals surface area contributed by atoms with Gasteiger partial charge in [-0.2, -0.15) is 0 Å². The predicted molar refractivity (Wildman–Crippen MR) is 80.9 cm³/mol. The zero-order valence-electron chi connectivity index (χ0n) is 13.5. The van der Waals surface area contributed by atoms with Crippen molar-refractivity contribution in [3.63, 3.8) is 0 Å². The molecule has 0 saturated carbocycles. The van der Waals surface area contributed by atoms with Crippen molar-refractivity contribution < 1.29 is 9.90 Å². The van der Waals surface area contributed by atoms with Crippen molar-refractivity contribution >= 4 is 5.97 Å². The van der Waals surface area contributed by atoms with Crippen molar-refractivity contribution in [2.45, 2.75) is 72.3 Å².